The van der Waals surface area contributed by atoms with Crippen molar-refractivity contribution in [1.29, 1.82) is 0 Å². The molecule has 0 aliphatic carbocycles. The topological polar surface area (TPSA) is 57.2 Å². The van der Waals surface area contributed by atoms with E-state index in [2.05, 4.69) is 0 Å². The lowest BCUT2D eigenvalue weighted by atomic mass is 9.89. The number of fused-ring (bicyclic) bond motifs is 3. The second-order valence-electron chi connectivity index (χ2n) is 5.39. The number of carbonyl (C=O) groups excluding carboxylic acids is 1. The normalized spacial score (nSPS) is 23.8. The van der Waals surface area contributed by atoms with Crippen LogP contribution in [-0.2, 0) is 20.8 Å². The Hall–Kier alpha value is -1.79. The van der Waals surface area contributed by atoms with Crippen molar-refractivity contribution in [3.8, 4) is 11.5 Å². The molecule has 0 radical (unpaired) electrons. The van der Waals surface area contributed by atoms with Crippen LogP contribution >= 0.6 is 0 Å². The monoisotopic (exact) mass is 307 g/mol. The molecular weight excluding hydrogens is 286 g/mol. The molecule has 2 atom stereocenters. The van der Waals surface area contributed by atoms with Gasteiger partial charge >= 0.3 is 0 Å². The first-order valence-electron chi connectivity index (χ1n) is 7.53. The number of ether oxygens (including phenoxy) is 3. The van der Waals surface area contributed by atoms with E-state index in [0.29, 0.717) is 24.5 Å². The molecule has 2 aliphatic rings. The Bertz CT molecular complexity index is 574. The molecule has 1 aromatic carbocycles. The maximum absolute atomic E-state index is 12.4. The fourth-order valence-corrected chi connectivity index (χ4v) is 3.12. The quantitative estimate of drug-likeness (QED) is 0.853. The number of rotatable bonds is 4. The van der Waals surface area contributed by atoms with E-state index < -0.39 is 0 Å². The molecule has 120 valence electrons. The molecule has 1 fully saturated rings. The highest BCUT2D eigenvalue weighted by molar-refractivity contribution is 5.81. The molecule has 0 saturated carbocycles. The zero-order chi connectivity index (χ0) is 15.7. The Kier molecular flexibility index (Phi) is 4.22. The van der Waals surface area contributed by atoms with E-state index in [1.165, 1.54) is 5.06 Å². The van der Waals surface area contributed by atoms with Crippen LogP contribution in [0.25, 0.3) is 0 Å². The number of methoxy groups -OCH3 is 2. The molecule has 0 bridgehead atoms. The second-order valence-corrected chi connectivity index (χ2v) is 5.39. The first kappa shape index (κ1) is 15.1. The summed E-state index contributed by atoms with van der Waals surface area (Å²) < 4.78 is 16.2. The van der Waals surface area contributed by atoms with E-state index in [0.717, 1.165) is 24.0 Å². The lowest BCUT2D eigenvalue weighted by Crippen LogP contribution is -2.46. The lowest BCUT2D eigenvalue weighted by Gasteiger charge is -2.42. The van der Waals surface area contributed by atoms with Crippen LogP contribution in [-0.4, -0.2) is 38.1 Å². The fraction of sp³-hybridized carbons (Fsp3) is 0.562. The van der Waals surface area contributed by atoms with Gasteiger partial charge in [-0.2, -0.15) is 0 Å². The molecule has 22 heavy (non-hydrogen) atoms. The van der Waals surface area contributed by atoms with Crippen molar-refractivity contribution in [3.63, 3.8) is 0 Å². The number of amides is 1. The van der Waals surface area contributed by atoms with E-state index >= 15 is 0 Å². The Morgan fingerprint density at radius 2 is 1.95 bits per heavy atom. The third-order valence-corrected chi connectivity index (χ3v) is 4.13. The van der Waals surface area contributed by atoms with Gasteiger partial charge in [-0.3, -0.25) is 4.79 Å². The van der Waals surface area contributed by atoms with Gasteiger partial charge in [0.1, 0.15) is 0 Å². The van der Waals surface area contributed by atoms with Gasteiger partial charge in [-0.1, -0.05) is 0 Å². The highest BCUT2D eigenvalue weighted by Crippen LogP contribution is 2.42. The zero-order valence-corrected chi connectivity index (χ0v) is 13.1. The molecule has 0 N–H and O–H groups in total. The van der Waals surface area contributed by atoms with Crippen LogP contribution in [0.1, 0.15) is 36.9 Å². The summed E-state index contributed by atoms with van der Waals surface area (Å²) in [5.41, 5.74) is 2.04. The fourth-order valence-electron chi connectivity index (χ4n) is 3.12. The number of hydrogen-bond donors (Lipinski definition) is 0. The van der Waals surface area contributed by atoms with Crippen molar-refractivity contribution < 1.29 is 23.8 Å². The van der Waals surface area contributed by atoms with Gasteiger partial charge in [-0.05, 0) is 36.6 Å². The van der Waals surface area contributed by atoms with Gasteiger partial charge in [0.15, 0.2) is 17.8 Å². The summed E-state index contributed by atoms with van der Waals surface area (Å²) in [5.74, 6) is 1.27. The summed E-state index contributed by atoms with van der Waals surface area (Å²) >= 11 is 0. The molecule has 6 nitrogen and oxygen atoms in total. The first-order chi connectivity index (χ1) is 10.7. The number of hydrogen-bond acceptors (Lipinski definition) is 5. The molecule has 0 aromatic heterocycles. The van der Waals surface area contributed by atoms with Gasteiger partial charge in [0.2, 0.25) is 0 Å². The van der Waals surface area contributed by atoms with Crippen LogP contribution in [0.15, 0.2) is 12.1 Å². The van der Waals surface area contributed by atoms with Crippen molar-refractivity contribution in [3.05, 3.63) is 23.3 Å². The second kappa shape index (κ2) is 6.14. The van der Waals surface area contributed by atoms with Gasteiger partial charge in [0.05, 0.1) is 26.7 Å². The smallest absolute Gasteiger partial charge is 0.251 e. The van der Waals surface area contributed by atoms with E-state index in [4.69, 9.17) is 19.0 Å². The summed E-state index contributed by atoms with van der Waals surface area (Å²) in [6.45, 7) is 2.49. The van der Waals surface area contributed by atoms with Crippen molar-refractivity contribution in [2.75, 3.05) is 20.8 Å². The van der Waals surface area contributed by atoms with Crippen molar-refractivity contribution in [2.24, 2.45) is 0 Å². The average Bonchev–Trinajstić information content (AvgIpc) is 2.54. The summed E-state index contributed by atoms with van der Waals surface area (Å²) in [6.07, 6.45) is 1.52. The minimum absolute atomic E-state index is 0.0471. The van der Waals surface area contributed by atoms with Crippen LogP contribution in [0.2, 0.25) is 0 Å². The Morgan fingerprint density at radius 3 is 2.64 bits per heavy atom. The lowest BCUT2D eigenvalue weighted by molar-refractivity contribution is -0.308. The van der Waals surface area contributed by atoms with E-state index in [9.17, 15) is 4.79 Å². The summed E-state index contributed by atoms with van der Waals surface area (Å²) in [6, 6.07) is 3.74. The number of nitrogens with zero attached hydrogens (tertiary/aromatic N) is 1. The van der Waals surface area contributed by atoms with E-state index in [1.807, 2.05) is 19.1 Å². The third kappa shape index (κ3) is 2.53. The molecule has 6 heteroatoms. The molecule has 2 aliphatic heterocycles. The van der Waals surface area contributed by atoms with Crippen LogP contribution in [0.3, 0.4) is 0 Å². The van der Waals surface area contributed by atoms with Crippen molar-refractivity contribution in [1.82, 2.24) is 5.06 Å². The maximum Gasteiger partial charge on any atom is 0.251 e. The Labute approximate surface area is 129 Å². The molecule has 0 spiro atoms. The molecular formula is C16H21NO5. The molecule has 1 amide bonds. The summed E-state index contributed by atoms with van der Waals surface area (Å²) in [7, 11) is 3.20. The summed E-state index contributed by atoms with van der Waals surface area (Å²) in [4.78, 5) is 18.1. The number of benzene rings is 1. The molecule has 0 unspecified atom stereocenters. The predicted molar refractivity (Wildman–Crippen MR) is 78.6 cm³/mol. The highest BCUT2D eigenvalue weighted by atomic mass is 16.8. The maximum atomic E-state index is 12.4. The van der Waals surface area contributed by atoms with Crippen LogP contribution in [0, 0.1) is 0 Å². The number of carbonyl (C=O) groups is 1. The minimum atomic E-state index is -0.341. The minimum Gasteiger partial charge on any atom is -0.493 e. The van der Waals surface area contributed by atoms with Crippen LogP contribution in [0.5, 0.6) is 11.5 Å². The van der Waals surface area contributed by atoms with Crippen molar-refractivity contribution in [2.45, 2.75) is 38.5 Å². The Morgan fingerprint density at radius 1 is 1.23 bits per heavy atom. The van der Waals surface area contributed by atoms with E-state index in [-0.39, 0.29) is 18.2 Å². The third-order valence-electron chi connectivity index (χ3n) is 4.13. The average molecular weight is 307 g/mol. The van der Waals surface area contributed by atoms with Crippen LogP contribution < -0.4 is 9.47 Å². The molecule has 3 rings (SSSR count). The predicted octanol–water partition coefficient (Wildman–Crippen LogP) is 2.22. The number of hydroxylamine groups is 2. The summed E-state index contributed by atoms with van der Waals surface area (Å²) in [5, 5.41) is 1.47. The van der Waals surface area contributed by atoms with Gasteiger partial charge in [-0.15, -0.1) is 0 Å². The van der Waals surface area contributed by atoms with Gasteiger partial charge in [-0.25, -0.2) is 9.90 Å². The molecule has 2 heterocycles. The van der Waals surface area contributed by atoms with Crippen LogP contribution in [0.4, 0.5) is 0 Å². The van der Waals surface area contributed by atoms with E-state index in [1.54, 1.807) is 14.2 Å². The zero-order valence-electron chi connectivity index (χ0n) is 13.1. The standard InChI is InChI=1S/C16H21NO5/c1-4-21-16-6-5-12-11-9-14(20-3)13(19-2)7-10(11)8-15(18)17(12)22-16/h7,9,12,16H,4-6,8H2,1-3H3/t12-,16+/m0/s1. The van der Waals surface area contributed by atoms with Gasteiger partial charge in [0.25, 0.3) is 5.91 Å². The van der Waals surface area contributed by atoms with Gasteiger partial charge in [0, 0.05) is 13.0 Å². The SMILES string of the molecule is CCO[C@H]1CC[C@H]2c3cc(OC)c(OC)cc3CC(=O)N2O1. The Balaban J connectivity index is 1.93. The first-order valence-corrected chi connectivity index (χ1v) is 7.53. The molecule has 1 saturated heterocycles. The van der Waals surface area contributed by atoms with Gasteiger partial charge < -0.3 is 14.2 Å². The largest absolute Gasteiger partial charge is 0.493 e. The highest BCUT2D eigenvalue weighted by Gasteiger charge is 2.39. The van der Waals surface area contributed by atoms with Crippen molar-refractivity contribution >= 4 is 5.91 Å². The molecule has 1 aromatic rings.